The summed E-state index contributed by atoms with van der Waals surface area (Å²) in [5.74, 6) is -1.11. The fourth-order valence-electron chi connectivity index (χ4n) is 1.52. The molecule has 0 bridgehead atoms. The van der Waals surface area contributed by atoms with Gasteiger partial charge in [0.05, 0.1) is 12.8 Å². The third kappa shape index (κ3) is 4.38. The average Bonchev–Trinajstić information content (AvgIpc) is 2.48. The van der Waals surface area contributed by atoms with E-state index in [9.17, 15) is 9.59 Å². The molecule has 0 radical (unpaired) electrons. The van der Waals surface area contributed by atoms with Crippen molar-refractivity contribution in [3.8, 4) is 5.75 Å². The SMILES string of the molecule is CCC(CC)=NNC(=O)C(=O)Nc1ccccc1OC. The smallest absolute Gasteiger partial charge is 0.329 e. The van der Waals surface area contributed by atoms with Gasteiger partial charge in [0.2, 0.25) is 0 Å². The number of carbonyl (C=O) groups excluding carboxylic acids is 2. The van der Waals surface area contributed by atoms with Gasteiger partial charge in [-0.1, -0.05) is 26.0 Å². The molecule has 6 nitrogen and oxygen atoms in total. The zero-order chi connectivity index (χ0) is 15.0. The van der Waals surface area contributed by atoms with E-state index in [4.69, 9.17) is 4.74 Å². The lowest BCUT2D eigenvalue weighted by molar-refractivity contribution is -0.136. The minimum absolute atomic E-state index is 0.435. The molecule has 0 aromatic heterocycles. The topological polar surface area (TPSA) is 79.8 Å². The fraction of sp³-hybridized carbons (Fsp3) is 0.357. The number of hydrogen-bond donors (Lipinski definition) is 2. The van der Waals surface area contributed by atoms with Gasteiger partial charge in [-0.15, -0.1) is 0 Å². The van der Waals surface area contributed by atoms with Gasteiger partial charge in [0.25, 0.3) is 0 Å². The van der Waals surface area contributed by atoms with E-state index >= 15 is 0 Å². The maximum absolute atomic E-state index is 11.7. The maximum atomic E-state index is 11.7. The maximum Gasteiger partial charge on any atom is 0.329 e. The number of anilines is 1. The van der Waals surface area contributed by atoms with Crippen molar-refractivity contribution in [2.24, 2.45) is 5.10 Å². The van der Waals surface area contributed by atoms with Crippen molar-refractivity contribution >= 4 is 23.2 Å². The van der Waals surface area contributed by atoms with Crippen LogP contribution < -0.4 is 15.5 Å². The number of nitrogens with zero attached hydrogens (tertiary/aromatic N) is 1. The summed E-state index contributed by atoms with van der Waals surface area (Å²) in [6.45, 7) is 3.87. The quantitative estimate of drug-likeness (QED) is 0.490. The van der Waals surface area contributed by atoms with Gasteiger partial charge < -0.3 is 10.1 Å². The number of ether oxygens (including phenoxy) is 1. The molecule has 108 valence electrons. The molecular formula is C14H19N3O3. The van der Waals surface area contributed by atoms with Crippen LogP contribution in [0.4, 0.5) is 5.69 Å². The van der Waals surface area contributed by atoms with Gasteiger partial charge in [0, 0.05) is 5.71 Å². The number of carbonyl (C=O) groups is 2. The third-order valence-electron chi connectivity index (χ3n) is 2.69. The molecule has 0 saturated heterocycles. The number of methoxy groups -OCH3 is 1. The Morgan fingerprint density at radius 1 is 1.15 bits per heavy atom. The van der Waals surface area contributed by atoms with Crippen LogP contribution in [-0.2, 0) is 9.59 Å². The summed E-state index contributed by atoms with van der Waals surface area (Å²) in [5.41, 5.74) is 3.50. The molecule has 6 heteroatoms. The average molecular weight is 277 g/mol. The molecule has 20 heavy (non-hydrogen) atoms. The van der Waals surface area contributed by atoms with Crippen LogP contribution in [-0.4, -0.2) is 24.6 Å². The summed E-state index contributed by atoms with van der Waals surface area (Å²) < 4.78 is 5.08. The Morgan fingerprint density at radius 3 is 2.40 bits per heavy atom. The van der Waals surface area contributed by atoms with Crippen LogP contribution in [0.15, 0.2) is 29.4 Å². The van der Waals surface area contributed by atoms with Crippen molar-refractivity contribution in [2.45, 2.75) is 26.7 Å². The molecule has 1 aromatic rings. The lowest BCUT2D eigenvalue weighted by Crippen LogP contribution is -2.33. The van der Waals surface area contributed by atoms with Crippen molar-refractivity contribution in [1.29, 1.82) is 0 Å². The van der Waals surface area contributed by atoms with Gasteiger partial charge in [-0.3, -0.25) is 9.59 Å². The number of para-hydroxylation sites is 2. The van der Waals surface area contributed by atoms with Crippen LogP contribution in [0, 0.1) is 0 Å². The Bertz CT molecular complexity index is 506. The predicted octanol–water partition coefficient (Wildman–Crippen LogP) is 1.93. The van der Waals surface area contributed by atoms with E-state index in [2.05, 4.69) is 15.8 Å². The van der Waals surface area contributed by atoms with E-state index in [1.165, 1.54) is 7.11 Å². The summed E-state index contributed by atoms with van der Waals surface area (Å²) >= 11 is 0. The second-order valence-electron chi connectivity index (χ2n) is 3.98. The first-order valence-corrected chi connectivity index (χ1v) is 6.42. The van der Waals surface area contributed by atoms with Crippen LogP contribution in [0.2, 0.25) is 0 Å². The van der Waals surface area contributed by atoms with E-state index in [0.29, 0.717) is 11.4 Å². The molecule has 0 aliphatic carbocycles. The first kappa shape index (κ1) is 15.7. The molecule has 0 unspecified atom stereocenters. The Labute approximate surface area is 118 Å². The van der Waals surface area contributed by atoms with Gasteiger partial charge in [0.1, 0.15) is 5.75 Å². The van der Waals surface area contributed by atoms with Gasteiger partial charge in [-0.2, -0.15) is 5.10 Å². The predicted molar refractivity (Wildman–Crippen MR) is 77.8 cm³/mol. The van der Waals surface area contributed by atoms with Crippen LogP contribution in [0.1, 0.15) is 26.7 Å². The Balaban J connectivity index is 2.67. The molecule has 1 rings (SSSR count). The second kappa shape index (κ2) is 7.93. The number of nitrogens with one attached hydrogen (secondary N) is 2. The summed E-state index contributed by atoms with van der Waals surface area (Å²) in [5, 5.41) is 6.37. The van der Waals surface area contributed by atoms with Gasteiger partial charge in [-0.25, -0.2) is 5.43 Å². The monoisotopic (exact) mass is 277 g/mol. The number of rotatable bonds is 5. The zero-order valence-electron chi connectivity index (χ0n) is 11.9. The molecule has 0 aliphatic heterocycles. The molecule has 0 atom stereocenters. The highest BCUT2D eigenvalue weighted by atomic mass is 16.5. The van der Waals surface area contributed by atoms with Crippen molar-refractivity contribution in [2.75, 3.05) is 12.4 Å². The molecule has 0 spiro atoms. The Hall–Kier alpha value is -2.37. The van der Waals surface area contributed by atoms with Crippen molar-refractivity contribution in [3.05, 3.63) is 24.3 Å². The van der Waals surface area contributed by atoms with E-state index in [1.807, 2.05) is 13.8 Å². The number of benzene rings is 1. The summed E-state index contributed by atoms with van der Waals surface area (Å²) in [4.78, 5) is 23.3. The van der Waals surface area contributed by atoms with Gasteiger partial charge >= 0.3 is 11.8 Å². The fourth-order valence-corrected chi connectivity index (χ4v) is 1.52. The summed E-state index contributed by atoms with van der Waals surface area (Å²) in [6, 6.07) is 6.85. The van der Waals surface area contributed by atoms with E-state index in [1.54, 1.807) is 24.3 Å². The number of hydrogen-bond acceptors (Lipinski definition) is 4. The van der Waals surface area contributed by atoms with Crippen LogP contribution in [0.25, 0.3) is 0 Å². The van der Waals surface area contributed by atoms with Gasteiger partial charge in [-0.05, 0) is 25.0 Å². The van der Waals surface area contributed by atoms with Crippen molar-refractivity contribution < 1.29 is 14.3 Å². The molecule has 2 amide bonds. The Morgan fingerprint density at radius 2 is 1.80 bits per heavy atom. The lowest BCUT2D eigenvalue weighted by Gasteiger charge is -2.09. The minimum Gasteiger partial charge on any atom is -0.495 e. The summed E-state index contributed by atoms with van der Waals surface area (Å²) in [7, 11) is 1.49. The first-order chi connectivity index (χ1) is 9.62. The zero-order valence-corrected chi connectivity index (χ0v) is 11.9. The number of hydrazone groups is 1. The molecule has 1 aromatic carbocycles. The number of amides is 2. The highest BCUT2D eigenvalue weighted by Gasteiger charge is 2.15. The molecule has 2 N–H and O–H groups in total. The molecule has 0 saturated carbocycles. The van der Waals surface area contributed by atoms with E-state index in [0.717, 1.165) is 18.6 Å². The van der Waals surface area contributed by atoms with Crippen LogP contribution >= 0.6 is 0 Å². The van der Waals surface area contributed by atoms with Crippen molar-refractivity contribution in [3.63, 3.8) is 0 Å². The molecule has 0 fully saturated rings. The normalized spacial score (nSPS) is 9.55. The molecular weight excluding hydrogens is 258 g/mol. The highest BCUT2D eigenvalue weighted by Crippen LogP contribution is 2.22. The van der Waals surface area contributed by atoms with E-state index < -0.39 is 11.8 Å². The standard InChI is InChI=1S/C14H19N3O3/c1-4-10(5-2)16-17-14(19)13(18)15-11-8-6-7-9-12(11)20-3/h6-9H,4-5H2,1-3H3,(H,15,18)(H,17,19). The van der Waals surface area contributed by atoms with E-state index in [-0.39, 0.29) is 0 Å². The minimum atomic E-state index is -0.810. The third-order valence-corrected chi connectivity index (χ3v) is 2.69. The van der Waals surface area contributed by atoms with Gasteiger partial charge in [0.15, 0.2) is 0 Å². The molecule has 0 aliphatic rings. The second-order valence-corrected chi connectivity index (χ2v) is 3.98. The highest BCUT2D eigenvalue weighted by molar-refractivity contribution is 6.39. The van der Waals surface area contributed by atoms with Crippen molar-refractivity contribution in [1.82, 2.24) is 5.43 Å². The Kier molecular flexibility index (Phi) is 6.22. The van der Waals surface area contributed by atoms with Crippen LogP contribution in [0.3, 0.4) is 0 Å². The van der Waals surface area contributed by atoms with Crippen LogP contribution in [0.5, 0.6) is 5.75 Å². The first-order valence-electron chi connectivity index (χ1n) is 6.42. The largest absolute Gasteiger partial charge is 0.495 e. The lowest BCUT2D eigenvalue weighted by atomic mass is 10.2. The summed E-state index contributed by atoms with van der Waals surface area (Å²) in [6.07, 6.45) is 1.45. The molecule has 0 heterocycles.